The van der Waals surface area contributed by atoms with Gasteiger partial charge in [-0.05, 0) is 6.42 Å². The first-order valence-electron chi connectivity index (χ1n) is 4.15. The minimum Gasteiger partial charge on any atom is -0.412 e. The van der Waals surface area contributed by atoms with Gasteiger partial charge in [0.25, 0.3) is 0 Å². The largest absolute Gasteiger partial charge is 0.416 e. The zero-order valence-corrected chi connectivity index (χ0v) is 6.96. The molecule has 3 N–H and O–H groups in total. The summed E-state index contributed by atoms with van der Waals surface area (Å²) in [5.41, 5.74) is 6.47. The Morgan fingerprint density at radius 3 is 3.17 bits per heavy atom. The standard InChI is InChI=1S/C8H12N2O2/c1-4-2-5(3-9)6-7(4)12-8(11)10-6/h4-5H,2-3,9H2,1H3,(H,10,11). The zero-order valence-electron chi connectivity index (χ0n) is 6.96. The van der Waals surface area contributed by atoms with Crippen LogP contribution in [0.25, 0.3) is 0 Å². The van der Waals surface area contributed by atoms with Gasteiger partial charge in [-0.1, -0.05) is 6.92 Å². The third kappa shape index (κ3) is 0.914. The summed E-state index contributed by atoms with van der Waals surface area (Å²) in [4.78, 5) is 13.5. The van der Waals surface area contributed by atoms with E-state index in [0.29, 0.717) is 12.5 Å². The maximum absolute atomic E-state index is 10.8. The molecule has 0 fully saturated rings. The van der Waals surface area contributed by atoms with E-state index in [9.17, 15) is 4.79 Å². The van der Waals surface area contributed by atoms with Crippen LogP contribution in [0.5, 0.6) is 0 Å². The second-order valence-electron chi connectivity index (χ2n) is 3.36. The lowest BCUT2D eigenvalue weighted by Gasteiger charge is -2.03. The van der Waals surface area contributed by atoms with Crippen molar-refractivity contribution in [3.8, 4) is 0 Å². The Morgan fingerprint density at radius 2 is 2.50 bits per heavy atom. The van der Waals surface area contributed by atoms with E-state index in [1.165, 1.54) is 0 Å². The fourth-order valence-corrected chi connectivity index (χ4v) is 1.89. The third-order valence-electron chi connectivity index (χ3n) is 2.48. The van der Waals surface area contributed by atoms with E-state index in [2.05, 4.69) is 4.98 Å². The topological polar surface area (TPSA) is 72.0 Å². The Hall–Kier alpha value is -1.03. The van der Waals surface area contributed by atoms with E-state index in [1.807, 2.05) is 6.92 Å². The SMILES string of the molecule is CC1CC(CN)c2[nH]c(=O)oc21. The molecule has 66 valence electrons. The predicted octanol–water partition coefficient (Wildman–Crippen LogP) is 0.517. The highest BCUT2D eigenvalue weighted by Crippen LogP contribution is 2.38. The molecular formula is C8H12N2O2. The Labute approximate surface area is 69.8 Å². The molecule has 0 amide bonds. The Bertz CT molecular complexity index is 339. The van der Waals surface area contributed by atoms with Crippen LogP contribution >= 0.6 is 0 Å². The Balaban J connectivity index is 2.48. The number of hydrogen-bond acceptors (Lipinski definition) is 3. The van der Waals surface area contributed by atoms with E-state index in [1.54, 1.807) is 0 Å². The van der Waals surface area contributed by atoms with Gasteiger partial charge in [-0.2, -0.15) is 0 Å². The molecule has 1 aliphatic rings. The van der Waals surface area contributed by atoms with Gasteiger partial charge < -0.3 is 10.2 Å². The molecule has 4 heteroatoms. The summed E-state index contributed by atoms with van der Waals surface area (Å²) < 4.78 is 5.00. The average molecular weight is 168 g/mol. The molecule has 0 bridgehead atoms. The van der Waals surface area contributed by atoms with Gasteiger partial charge in [0, 0.05) is 18.4 Å². The molecule has 2 unspecified atom stereocenters. The molecular weight excluding hydrogens is 156 g/mol. The third-order valence-corrected chi connectivity index (χ3v) is 2.48. The summed E-state index contributed by atoms with van der Waals surface area (Å²) in [5.74, 6) is 1.05. The van der Waals surface area contributed by atoms with Gasteiger partial charge in [-0.15, -0.1) is 0 Å². The van der Waals surface area contributed by atoms with Crippen molar-refractivity contribution in [2.75, 3.05) is 6.54 Å². The first kappa shape index (κ1) is 7.61. The highest BCUT2D eigenvalue weighted by molar-refractivity contribution is 5.24. The van der Waals surface area contributed by atoms with Crippen LogP contribution in [-0.2, 0) is 0 Å². The second-order valence-corrected chi connectivity index (χ2v) is 3.36. The number of nitrogens with one attached hydrogen (secondary N) is 1. The molecule has 12 heavy (non-hydrogen) atoms. The fourth-order valence-electron chi connectivity index (χ4n) is 1.89. The van der Waals surface area contributed by atoms with Crippen molar-refractivity contribution < 1.29 is 4.42 Å². The quantitative estimate of drug-likeness (QED) is 0.642. The van der Waals surface area contributed by atoms with Crippen molar-refractivity contribution in [1.82, 2.24) is 4.98 Å². The summed E-state index contributed by atoms with van der Waals surface area (Å²) >= 11 is 0. The van der Waals surface area contributed by atoms with Gasteiger partial charge in [0.2, 0.25) is 0 Å². The van der Waals surface area contributed by atoms with Crippen LogP contribution in [0.15, 0.2) is 9.21 Å². The van der Waals surface area contributed by atoms with Crippen molar-refractivity contribution in [3.63, 3.8) is 0 Å². The summed E-state index contributed by atoms with van der Waals surface area (Å²) in [7, 11) is 0. The molecule has 1 aromatic heterocycles. The number of aromatic nitrogens is 1. The van der Waals surface area contributed by atoms with Crippen molar-refractivity contribution in [2.24, 2.45) is 5.73 Å². The van der Waals surface area contributed by atoms with Gasteiger partial charge in [-0.25, -0.2) is 4.79 Å². The van der Waals surface area contributed by atoms with Crippen LogP contribution < -0.4 is 11.5 Å². The van der Waals surface area contributed by atoms with Crippen molar-refractivity contribution in [3.05, 3.63) is 22.0 Å². The second kappa shape index (κ2) is 2.48. The minimum atomic E-state index is -0.356. The molecule has 2 atom stereocenters. The molecule has 1 heterocycles. The summed E-state index contributed by atoms with van der Waals surface area (Å²) in [6.07, 6.45) is 0.988. The molecule has 0 aromatic carbocycles. The molecule has 0 spiro atoms. The van der Waals surface area contributed by atoms with Crippen LogP contribution in [0.1, 0.15) is 36.6 Å². The molecule has 0 saturated carbocycles. The zero-order chi connectivity index (χ0) is 8.72. The summed E-state index contributed by atoms with van der Waals surface area (Å²) in [6.45, 7) is 2.62. The van der Waals surface area contributed by atoms with Crippen molar-refractivity contribution >= 4 is 0 Å². The van der Waals surface area contributed by atoms with E-state index in [-0.39, 0.29) is 11.7 Å². The normalized spacial score (nSPS) is 27.5. The maximum Gasteiger partial charge on any atom is 0.416 e. The number of nitrogens with two attached hydrogens (primary N) is 1. The highest BCUT2D eigenvalue weighted by atomic mass is 16.4. The molecule has 2 rings (SSSR count). The van der Waals surface area contributed by atoms with Gasteiger partial charge in [-0.3, -0.25) is 4.98 Å². The first-order valence-corrected chi connectivity index (χ1v) is 4.15. The Morgan fingerprint density at radius 1 is 1.75 bits per heavy atom. The molecule has 0 radical (unpaired) electrons. The number of H-pyrrole nitrogens is 1. The smallest absolute Gasteiger partial charge is 0.412 e. The summed E-state index contributed by atoms with van der Waals surface area (Å²) in [6, 6.07) is 0. The van der Waals surface area contributed by atoms with E-state index < -0.39 is 0 Å². The monoisotopic (exact) mass is 168 g/mol. The molecule has 0 saturated heterocycles. The van der Waals surface area contributed by atoms with Crippen LogP contribution in [0.2, 0.25) is 0 Å². The van der Waals surface area contributed by atoms with E-state index in [0.717, 1.165) is 17.9 Å². The predicted molar refractivity (Wildman–Crippen MR) is 44.2 cm³/mol. The number of oxazole rings is 1. The molecule has 0 aliphatic heterocycles. The lowest BCUT2D eigenvalue weighted by molar-refractivity contribution is 0.439. The lowest BCUT2D eigenvalue weighted by Crippen LogP contribution is -2.11. The first-order chi connectivity index (χ1) is 5.72. The van der Waals surface area contributed by atoms with E-state index in [4.69, 9.17) is 10.2 Å². The molecule has 4 nitrogen and oxygen atoms in total. The number of fused-ring (bicyclic) bond motifs is 1. The summed E-state index contributed by atoms with van der Waals surface area (Å²) in [5, 5.41) is 0. The van der Waals surface area contributed by atoms with Gasteiger partial charge in [0.15, 0.2) is 0 Å². The van der Waals surface area contributed by atoms with Gasteiger partial charge in [0.1, 0.15) is 5.76 Å². The molecule has 1 aromatic rings. The Kier molecular flexibility index (Phi) is 1.58. The number of aromatic amines is 1. The lowest BCUT2D eigenvalue weighted by atomic mass is 10.1. The number of hydrogen-bond donors (Lipinski definition) is 2. The van der Waals surface area contributed by atoms with Crippen LogP contribution in [0, 0.1) is 0 Å². The van der Waals surface area contributed by atoms with E-state index >= 15 is 0 Å². The van der Waals surface area contributed by atoms with Crippen molar-refractivity contribution in [2.45, 2.75) is 25.2 Å². The van der Waals surface area contributed by atoms with Gasteiger partial charge >= 0.3 is 5.76 Å². The molecule has 1 aliphatic carbocycles. The van der Waals surface area contributed by atoms with Crippen LogP contribution in [-0.4, -0.2) is 11.5 Å². The minimum absolute atomic E-state index is 0.279. The highest BCUT2D eigenvalue weighted by Gasteiger charge is 2.31. The van der Waals surface area contributed by atoms with Crippen LogP contribution in [0.4, 0.5) is 0 Å². The average Bonchev–Trinajstić information content (AvgIpc) is 2.52. The maximum atomic E-state index is 10.8. The van der Waals surface area contributed by atoms with Crippen LogP contribution in [0.3, 0.4) is 0 Å². The fraction of sp³-hybridized carbons (Fsp3) is 0.625. The van der Waals surface area contributed by atoms with Crippen molar-refractivity contribution in [1.29, 1.82) is 0 Å². The van der Waals surface area contributed by atoms with Gasteiger partial charge in [0.05, 0.1) is 5.69 Å². The number of rotatable bonds is 1.